The van der Waals surface area contributed by atoms with Gasteiger partial charge in [0, 0.05) is 51.2 Å². The molecule has 3 rings (SSSR count). The average Bonchev–Trinajstić information content (AvgIpc) is 3.01. The Morgan fingerprint density at radius 1 is 1.22 bits per heavy atom. The first-order valence-electron chi connectivity index (χ1n) is 8.62. The summed E-state index contributed by atoms with van der Waals surface area (Å²) in [5, 5.41) is 8.13. The lowest BCUT2D eigenvalue weighted by Crippen LogP contribution is -2.43. The molecule has 0 radical (unpaired) electrons. The highest BCUT2D eigenvalue weighted by atomic mass is 15.3. The molecular weight excluding hydrogens is 286 g/mol. The number of nitrogens with zero attached hydrogens (tertiary/aromatic N) is 4. The summed E-state index contributed by atoms with van der Waals surface area (Å²) in [5.41, 5.74) is 2.45. The highest BCUT2D eigenvalue weighted by molar-refractivity contribution is 5.07. The second kappa shape index (κ2) is 7.70. The molecule has 0 aromatic carbocycles. The fraction of sp³-hybridized carbons (Fsp3) is 0.556. The van der Waals surface area contributed by atoms with Crippen LogP contribution in [0, 0.1) is 0 Å². The van der Waals surface area contributed by atoms with E-state index >= 15 is 0 Å². The standard InChI is InChI=1S/C18H27N5/c1-3-17(18-7-11-20-22(18)2)21-15-8-12-23(13-9-15)14-16-6-4-5-10-19-16/h4-7,10-11,15,17,21H,3,8-9,12-14H2,1-2H3. The van der Waals surface area contributed by atoms with E-state index in [0.717, 1.165) is 26.1 Å². The van der Waals surface area contributed by atoms with E-state index in [1.54, 1.807) is 0 Å². The zero-order chi connectivity index (χ0) is 16.1. The Bertz CT molecular complexity index is 586. The van der Waals surface area contributed by atoms with E-state index < -0.39 is 0 Å². The molecular formula is C18H27N5. The molecule has 1 fully saturated rings. The SMILES string of the molecule is CCC(NC1CCN(Cc2ccccn2)CC1)c1ccnn1C. The summed E-state index contributed by atoms with van der Waals surface area (Å²) in [5.74, 6) is 0. The fourth-order valence-electron chi connectivity index (χ4n) is 3.40. The van der Waals surface area contributed by atoms with Crippen molar-refractivity contribution in [3.8, 4) is 0 Å². The Kier molecular flexibility index (Phi) is 5.41. The molecule has 1 unspecified atom stereocenters. The first-order valence-corrected chi connectivity index (χ1v) is 8.62. The lowest BCUT2D eigenvalue weighted by Gasteiger charge is -2.34. The number of nitrogens with one attached hydrogen (secondary N) is 1. The van der Waals surface area contributed by atoms with E-state index in [1.165, 1.54) is 24.2 Å². The van der Waals surface area contributed by atoms with E-state index in [1.807, 2.05) is 30.2 Å². The Hall–Kier alpha value is -1.72. The van der Waals surface area contributed by atoms with Crippen LogP contribution >= 0.6 is 0 Å². The molecule has 1 saturated heterocycles. The van der Waals surface area contributed by atoms with E-state index in [4.69, 9.17) is 0 Å². The van der Waals surface area contributed by atoms with Gasteiger partial charge < -0.3 is 5.32 Å². The van der Waals surface area contributed by atoms with Gasteiger partial charge in [0.25, 0.3) is 0 Å². The maximum Gasteiger partial charge on any atom is 0.0550 e. The number of pyridine rings is 1. The number of aryl methyl sites for hydroxylation is 1. The Morgan fingerprint density at radius 2 is 2.04 bits per heavy atom. The number of hydrogen-bond donors (Lipinski definition) is 1. The summed E-state index contributed by atoms with van der Waals surface area (Å²) < 4.78 is 1.98. The molecule has 1 aliphatic rings. The van der Waals surface area contributed by atoms with Crippen molar-refractivity contribution in [2.45, 2.75) is 44.8 Å². The van der Waals surface area contributed by atoms with Crippen LogP contribution in [0.25, 0.3) is 0 Å². The molecule has 1 aliphatic heterocycles. The van der Waals surface area contributed by atoms with Gasteiger partial charge in [-0.05, 0) is 37.5 Å². The average molecular weight is 313 g/mol. The maximum atomic E-state index is 4.43. The predicted molar refractivity (Wildman–Crippen MR) is 91.9 cm³/mol. The van der Waals surface area contributed by atoms with Crippen molar-refractivity contribution in [3.05, 3.63) is 48.0 Å². The van der Waals surface area contributed by atoms with Crippen molar-refractivity contribution >= 4 is 0 Å². The van der Waals surface area contributed by atoms with Crippen LogP contribution in [0.2, 0.25) is 0 Å². The third kappa shape index (κ3) is 4.18. The maximum absolute atomic E-state index is 4.43. The first-order chi connectivity index (χ1) is 11.3. The van der Waals surface area contributed by atoms with Gasteiger partial charge in [-0.1, -0.05) is 13.0 Å². The van der Waals surface area contributed by atoms with Gasteiger partial charge in [-0.3, -0.25) is 14.6 Å². The molecule has 0 bridgehead atoms. The second-order valence-electron chi connectivity index (χ2n) is 6.38. The molecule has 0 saturated carbocycles. The summed E-state index contributed by atoms with van der Waals surface area (Å²) >= 11 is 0. The Balaban J connectivity index is 1.50. The molecule has 1 N–H and O–H groups in total. The Morgan fingerprint density at radius 3 is 2.65 bits per heavy atom. The molecule has 0 aliphatic carbocycles. The van der Waals surface area contributed by atoms with Crippen molar-refractivity contribution in [1.29, 1.82) is 0 Å². The molecule has 5 nitrogen and oxygen atoms in total. The van der Waals surface area contributed by atoms with Crippen LogP contribution in [0.4, 0.5) is 0 Å². The van der Waals surface area contributed by atoms with Gasteiger partial charge in [-0.15, -0.1) is 0 Å². The summed E-state index contributed by atoms with van der Waals surface area (Å²) in [6.45, 7) is 5.47. The van der Waals surface area contributed by atoms with E-state index in [9.17, 15) is 0 Å². The molecule has 2 aromatic heterocycles. The number of piperidine rings is 1. The van der Waals surface area contributed by atoms with Crippen LogP contribution in [0.3, 0.4) is 0 Å². The third-order valence-electron chi connectivity index (χ3n) is 4.76. The first kappa shape index (κ1) is 16.1. The van der Waals surface area contributed by atoms with Gasteiger partial charge in [-0.25, -0.2) is 0 Å². The minimum absolute atomic E-state index is 0.398. The van der Waals surface area contributed by atoms with Crippen molar-refractivity contribution in [2.75, 3.05) is 13.1 Å². The zero-order valence-corrected chi connectivity index (χ0v) is 14.2. The quantitative estimate of drug-likeness (QED) is 0.890. The summed E-state index contributed by atoms with van der Waals surface area (Å²) in [6, 6.07) is 9.26. The highest BCUT2D eigenvalue weighted by Crippen LogP contribution is 2.20. The largest absolute Gasteiger partial charge is 0.306 e. The normalized spacial score (nSPS) is 18.2. The van der Waals surface area contributed by atoms with Gasteiger partial charge in [-0.2, -0.15) is 5.10 Å². The van der Waals surface area contributed by atoms with Crippen molar-refractivity contribution < 1.29 is 0 Å². The molecule has 2 aromatic rings. The smallest absolute Gasteiger partial charge is 0.0550 e. The molecule has 3 heterocycles. The molecule has 0 spiro atoms. The van der Waals surface area contributed by atoms with E-state index in [-0.39, 0.29) is 0 Å². The van der Waals surface area contributed by atoms with Crippen LogP contribution in [-0.2, 0) is 13.6 Å². The number of hydrogen-bond acceptors (Lipinski definition) is 4. The molecule has 1 atom stereocenters. The van der Waals surface area contributed by atoms with Gasteiger partial charge in [0.05, 0.1) is 11.4 Å². The second-order valence-corrected chi connectivity index (χ2v) is 6.38. The minimum Gasteiger partial charge on any atom is -0.306 e. The minimum atomic E-state index is 0.398. The number of rotatable bonds is 6. The van der Waals surface area contributed by atoms with Gasteiger partial charge in [0.15, 0.2) is 0 Å². The topological polar surface area (TPSA) is 46.0 Å². The summed E-state index contributed by atoms with van der Waals surface area (Å²) in [7, 11) is 2.02. The molecule has 23 heavy (non-hydrogen) atoms. The van der Waals surface area contributed by atoms with Crippen LogP contribution in [-0.4, -0.2) is 38.8 Å². The fourth-order valence-corrected chi connectivity index (χ4v) is 3.40. The monoisotopic (exact) mass is 313 g/mol. The van der Waals surface area contributed by atoms with Gasteiger partial charge in [0.1, 0.15) is 0 Å². The predicted octanol–water partition coefficient (Wildman–Crippen LogP) is 2.52. The number of likely N-dealkylation sites (tertiary alicyclic amines) is 1. The molecule has 5 heteroatoms. The van der Waals surface area contributed by atoms with Crippen LogP contribution in [0.1, 0.15) is 43.6 Å². The lowest BCUT2D eigenvalue weighted by molar-refractivity contribution is 0.180. The van der Waals surface area contributed by atoms with Crippen LogP contribution < -0.4 is 5.32 Å². The summed E-state index contributed by atoms with van der Waals surface area (Å²) in [4.78, 5) is 6.94. The molecule has 0 amide bonds. The van der Waals surface area contributed by atoms with Crippen molar-refractivity contribution in [1.82, 2.24) is 25.0 Å². The van der Waals surface area contributed by atoms with Crippen molar-refractivity contribution in [3.63, 3.8) is 0 Å². The third-order valence-corrected chi connectivity index (χ3v) is 4.76. The number of aromatic nitrogens is 3. The van der Waals surface area contributed by atoms with Gasteiger partial charge >= 0.3 is 0 Å². The van der Waals surface area contributed by atoms with E-state index in [0.29, 0.717) is 12.1 Å². The van der Waals surface area contributed by atoms with Crippen molar-refractivity contribution in [2.24, 2.45) is 7.05 Å². The zero-order valence-electron chi connectivity index (χ0n) is 14.2. The Labute approximate surface area is 138 Å². The van der Waals surface area contributed by atoms with Crippen LogP contribution in [0.15, 0.2) is 36.7 Å². The van der Waals surface area contributed by atoms with Crippen LogP contribution in [0.5, 0.6) is 0 Å². The highest BCUT2D eigenvalue weighted by Gasteiger charge is 2.23. The van der Waals surface area contributed by atoms with E-state index in [2.05, 4.69) is 45.4 Å². The van der Waals surface area contributed by atoms with Gasteiger partial charge in [0.2, 0.25) is 0 Å². The lowest BCUT2D eigenvalue weighted by atomic mass is 10.0. The summed E-state index contributed by atoms with van der Waals surface area (Å²) in [6.07, 6.45) is 7.24. The molecule has 124 valence electrons.